The molecule has 2 rings (SSSR count). The summed E-state index contributed by atoms with van der Waals surface area (Å²) in [5.41, 5.74) is 2.52. The van der Waals surface area contributed by atoms with Crippen molar-refractivity contribution in [2.24, 2.45) is 0 Å². The fourth-order valence-electron chi connectivity index (χ4n) is 1.58. The molecule has 0 aromatic heterocycles. The Morgan fingerprint density at radius 2 is 2.00 bits per heavy atom. The SMILES string of the molecule is CC1=CCC(c2ccc(Cl)cc2)OC1. The average Bonchev–Trinajstić information content (AvgIpc) is 2.21. The Morgan fingerprint density at radius 1 is 1.29 bits per heavy atom. The first-order chi connectivity index (χ1) is 6.75. The lowest BCUT2D eigenvalue weighted by Crippen LogP contribution is -2.10. The fraction of sp³-hybridized carbons (Fsp3) is 0.333. The fourth-order valence-corrected chi connectivity index (χ4v) is 1.70. The summed E-state index contributed by atoms with van der Waals surface area (Å²) in [6.07, 6.45) is 3.41. The molecule has 1 aromatic carbocycles. The molecule has 0 N–H and O–H groups in total. The summed E-state index contributed by atoms with van der Waals surface area (Å²) in [5, 5.41) is 0.774. The zero-order valence-corrected chi connectivity index (χ0v) is 8.92. The van der Waals surface area contributed by atoms with E-state index < -0.39 is 0 Å². The third-order valence-electron chi connectivity index (χ3n) is 2.43. The Kier molecular flexibility index (Phi) is 2.90. The molecule has 2 heteroatoms. The van der Waals surface area contributed by atoms with E-state index in [1.54, 1.807) is 0 Å². The largest absolute Gasteiger partial charge is 0.369 e. The van der Waals surface area contributed by atoms with Crippen LogP contribution >= 0.6 is 11.6 Å². The van der Waals surface area contributed by atoms with Crippen molar-refractivity contribution >= 4 is 11.6 Å². The molecule has 1 unspecified atom stereocenters. The number of hydrogen-bond acceptors (Lipinski definition) is 1. The lowest BCUT2D eigenvalue weighted by atomic mass is 10.0. The summed E-state index contributed by atoms with van der Waals surface area (Å²) in [4.78, 5) is 0. The van der Waals surface area contributed by atoms with Gasteiger partial charge in [0, 0.05) is 5.02 Å². The molecule has 0 fully saturated rings. The molecule has 0 radical (unpaired) electrons. The quantitative estimate of drug-likeness (QED) is 0.639. The summed E-state index contributed by atoms with van der Waals surface area (Å²) in [5.74, 6) is 0. The molecule has 0 amide bonds. The van der Waals surface area contributed by atoms with Crippen LogP contribution in [0, 0.1) is 0 Å². The molecule has 1 nitrogen and oxygen atoms in total. The summed E-state index contributed by atoms with van der Waals surface area (Å²) >= 11 is 5.82. The first-order valence-corrected chi connectivity index (χ1v) is 5.16. The minimum absolute atomic E-state index is 0.205. The first-order valence-electron chi connectivity index (χ1n) is 4.78. The van der Waals surface area contributed by atoms with Crippen molar-refractivity contribution in [3.05, 3.63) is 46.5 Å². The number of ether oxygens (including phenoxy) is 1. The molecule has 1 aliphatic rings. The highest BCUT2D eigenvalue weighted by Crippen LogP contribution is 2.27. The van der Waals surface area contributed by atoms with Crippen LogP contribution in [0.3, 0.4) is 0 Å². The van der Waals surface area contributed by atoms with E-state index in [2.05, 4.69) is 13.0 Å². The Labute approximate surface area is 89.3 Å². The molecule has 0 aliphatic carbocycles. The second kappa shape index (κ2) is 4.16. The van der Waals surface area contributed by atoms with Gasteiger partial charge in [0.25, 0.3) is 0 Å². The molecule has 74 valence electrons. The molecule has 0 bridgehead atoms. The summed E-state index contributed by atoms with van der Waals surface area (Å²) in [6, 6.07) is 7.87. The Hall–Kier alpha value is -0.790. The van der Waals surface area contributed by atoms with Crippen LogP contribution in [0.5, 0.6) is 0 Å². The molecule has 0 saturated heterocycles. The lowest BCUT2D eigenvalue weighted by Gasteiger charge is -2.21. The number of benzene rings is 1. The van der Waals surface area contributed by atoms with Crippen LogP contribution in [-0.4, -0.2) is 6.61 Å². The Morgan fingerprint density at radius 3 is 2.57 bits per heavy atom. The van der Waals surface area contributed by atoms with Gasteiger partial charge in [0.05, 0.1) is 12.7 Å². The van der Waals surface area contributed by atoms with E-state index in [0.29, 0.717) is 0 Å². The van der Waals surface area contributed by atoms with Crippen LogP contribution in [-0.2, 0) is 4.74 Å². The van der Waals surface area contributed by atoms with Crippen LogP contribution in [0.15, 0.2) is 35.9 Å². The van der Waals surface area contributed by atoms with Crippen molar-refractivity contribution in [2.75, 3.05) is 6.61 Å². The van der Waals surface area contributed by atoms with Crippen LogP contribution < -0.4 is 0 Å². The molecule has 0 spiro atoms. The van der Waals surface area contributed by atoms with E-state index in [9.17, 15) is 0 Å². The second-order valence-corrected chi connectivity index (χ2v) is 4.07. The van der Waals surface area contributed by atoms with Crippen LogP contribution in [0.4, 0.5) is 0 Å². The van der Waals surface area contributed by atoms with Crippen molar-refractivity contribution in [3.8, 4) is 0 Å². The Balaban J connectivity index is 2.13. The van der Waals surface area contributed by atoms with E-state index >= 15 is 0 Å². The highest BCUT2D eigenvalue weighted by atomic mass is 35.5. The normalized spacial score (nSPS) is 21.9. The van der Waals surface area contributed by atoms with Crippen molar-refractivity contribution in [1.29, 1.82) is 0 Å². The van der Waals surface area contributed by atoms with Gasteiger partial charge < -0.3 is 4.74 Å². The minimum Gasteiger partial charge on any atom is -0.369 e. The van der Waals surface area contributed by atoms with Crippen molar-refractivity contribution in [2.45, 2.75) is 19.4 Å². The number of rotatable bonds is 1. The summed E-state index contributed by atoms with van der Waals surface area (Å²) < 4.78 is 5.70. The van der Waals surface area contributed by atoms with Gasteiger partial charge in [-0.05, 0) is 31.0 Å². The second-order valence-electron chi connectivity index (χ2n) is 3.64. The average molecular weight is 209 g/mol. The smallest absolute Gasteiger partial charge is 0.0863 e. The highest BCUT2D eigenvalue weighted by Gasteiger charge is 2.14. The van der Waals surface area contributed by atoms with Gasteiger partial charge in [-0.25, -0.2) is 0 Å². The summed E-state index contributed by atoms with van der Waals surface area (Å²) in [7, 11) is 0. The van der Waals surface area contributed by atoms with Gasteiger partial charge in [-0.1, -0.05) is 35.4 Å². The van der Waals surface area contributed by atoms with E-state index in [1.165, 1.54) is 11.1 Å². The van der Waals surface area contributed by atoms with Crippen molar-refractivity contribution < 1.29 is 4.74 Å². The predicted octanol–water partition coefficient (Wildman–Crippen LogP) is 3.75. The molecule has 1 atom stereocenters. The number of hydrogen-bond donors (Lipinski definition) is 0. The lowest BCUT2D eigenvalue weighted by molar-refractivity contribution is 0.0617. The monoisotopic (exact) mass is 208 g/mol. The minimum atomic E-state index is 0.205. The molecular weight excluding hydrogens is 196 g/mol. The zero-order chi connectivity index (χ0) is 9.97. The topological polar surface area (TPSA) is 9.23 Å². The van der Waals surface area contributed by atoms with Gasteiger partial charge in [0.2, 0.25) is 0 Å². The number of halogens is 1. The molecule has 14 heavy (non-hydrogen) atoms. The van der Waals surface area contributed by atoms with Gasteiger partial charge in [-0.2, -0.15) is 0 Å². The maximum atomic E-state index is 5.82. The van der Waals surface area contributed by atoms with E-state index in [0.717, 1.165) is 18.1 Å². The van der Waals surface area contributed by atoms with Crippen molar-refractivity contribution in [1.82, 2.24) is 0 Å². The van der Waals surface area contributed by atoms with Crippen molar-refractivity contribution in [3.63, 3.8) is 0 Å². The molecule has 1 heterocycles. The van der Waals surface area contributed by atoms with Gasteiger partial charge in [-0.15, -0.1) is 0 Å². The van der Waals surface area contributed by atoms with Gasteiger partial charge in [-0.3, -0.25) is 0 Å². The van der Waals surface area contributed by atoms with E-state index in [4.69, 9.17) is 16.3 Å². The van der Waals surface area contributed by atoms with Gasteiger partial charge in [0.1, 0.15) is 0 Å². The van der Waals surface area contributed by atoms with E-state index in [1.807, 2.05) is 24.3 Å². The Bertz CT molecular complexity index is 340. The maximum Gasteiger partial charge on any atom is 0.0863 e. The standard InChI is InChI=1S/C12H13ClO/c1-9-2-7-12(14-8-9)10-3-5-11(13)6-4-10/h2-6,12H,7-8H2,1H3. The summed E-state index contributed by atoms with van der Waals surface area (Å²) in [6.45, 7) is 2.84. The molecule has 1 aromatic rings. The van der Waals surface area contributed by atoms with Gasteiger partial charge >= 0.3 is 0 Å². The highest BCUT2D eigenvalue weighted by molar-refractivity contribution is 6.30. The van der Waals surface area contributed by atoms with Crippen LogP contribution in [0.25, 0.3) is 0 Å². The maximum absolute atomic E-state index is 5.82. The third-order valence-corrected chi connectivity index (χ3v) is 2.69. The zero-order valence-electron chi connectivity index (χ0n) is 8.16. The molecule has 1 aliphatic heterocycles. The predicted molar refractivity (Wildman–Crippen MR) is 58.5 cm³/mol. The van der Waals surface area contributed by atoms with E-state index in [-0.39, 0.29) is 6.10 Å². The molecule has 0 saturated carbocycles. The third kappa shape index (κ3) is 2.17. The molecular formula is C12H13ClO. The van der Waals surface area contributed by atoms with Gasteiger partial charge in [0.15, 0.2) is 0 Å². The van der Waals surface area contributed by atoms with Crippen LogP contribution in [0.2, 0.25) is 5.02 Å². The first kappa shape index (κ1) is 9.75. The van der Waals surface area contributed by atoms with Crippen LogP contribution in [0.1, 0.15) is 25.0 Å².